The fraction of sp³-hybridized carbons (Fsp3) is 0.625. The smallest absolute Gasteiger partial charge is 0.124 e. The van der Waals surface area contributed by atoms with Gasteiger partial charge in [0.05, 0.1) is 7.11 Å². The summed E-state index contributed by atoms with van der Waals surface area (Å²) < 4.78 is 5.49. The highest BCUT2D eigenvalue weighted by Gasteiger charge is 2.48. The maximum Gasteiger partial charge on any atom is 0.124 e. The molecule has 3 heteroatoms. The van der Waals surface area contributed by atoms with Crippen LogP contribution in [-0.2, 0) is 0 Å². The van der Waals surface area contributed by atoms with Crippen LogP contribution in [0.5, 0.6) is 5.75 Å². The topological polar surface area (TPSA) is 47.3 Å². The Balaban J connectivity index is 2.41. The SMILES string of the molecule is CNCC1(C(N)c2cc(C)c(OC)c(C)c2C)CC1. The number of hydrogen-bond acceptors (Lipinski definition) is 3. The minimum atomic E-state index is 0.114. The van der Waals surface area contributed by atoms with Crippen LogP contribution in [0.1, 0.15) is 41.1 Å². The number of aryl methyl sites for hydroxylation is 1. The molecule has 1 atom stereocenters. The Morgan fingerprint density at radius 3 is 2.42 bits per heavy atom. The van der Waals surface area contributed by atoms with Crippen molar-refractivity contribution in [2.75, 3.05) is 20.7 Å². The van der Waals surface area contributed by atoms with Crippen molar-refractivity contribution in [2.24, 2.45) is 11.1 Å². The van der Waals surface area contributed by atoms with Crippen LogP contribution in [0.4, 0.5) is 0 Å². The Hall–Kier alpha value is -1.06. The predicted octanol–water partition coefficient (Wildman–Crippen LogP) is 2.62. The molecule has 0 saturated heterocycles. The number of nitrogens with two attached hydrogens (primary N) is 1. The second-order valence-corrected chi connectivity index (χ2v) is 5.94. The molecule has 0 bridgehead atoms. The molecule has 1 saturated carbocycles. The normalized spacial score (nSPS) is 18.2. The molecule has 0 heterocycles. The lowest BCUT2D eigenvalue weighted by atomic mass is 9.85. The van der Waals surface area contributed by atoms with Crippen LogP contribution < -0.4 is 15.8 Å². The van der Waals surface area contributed by atoms with Gasteiger partial charge >= 0.3 is 0 Å². The van der Waals surface area contributed by atoms with E-state index in [0.29, 0.717) is 0 Å². The Kier molecular flexibility index (Phi) is 3.88. The summed E-state index contributed by atoms with van der Waals surface area (Å²) in [5.41, 5.74) is 11.8. The first-order valence-corrected chi connectivity index (χ1v) is 7.01. The summed E-state index contributed by atoms with van der Waals surface area (Å²) in [6.07, 6.45) is 2.44. The van der Waals surface area contributed by atoms with Crippen LogP contribution >= 0.6 is 0 Å². The quantitative estimate of drug-likeness (QED) is 0.857. The molecule has 19 heavy (non-hydrogen) atoms. The minimum Gasteiger partial charge on any atom is -0.496 e. The van der Waals surface area contributed by atoms with Crippen molar-refractivity contribution in [1.82, 2.24) is 5.32 Å². The first-order valence-electron chi connectivity index (χ1n) is 7.01. The fourth-order valence-corrected chi connectivity index (χ4v) is 3.17. The average molecular weight is 262 g/mol. The van der Waals surface area contributed by atoms with Crippen molar-refractivity contribution in [2.45, 2.75) is 39.7 Å². The number of nitrogens with one attached hydrogen (secondary N) is 1. The van der Waals surface area contributed by atoms with E-state index in [4.69, 9.17) is 10.5 Å². The van der Waals surface area contributed by atoms with Gasteiger partial charge in [0.2, 0.25) is 0 Å². The molecule has 3 N–H and O–H groups in total. The molecule has 3 nitrogen and oxygen atoms in total. The molecular formula is C16H26N2O. The van der Waals surface area contributed by atoms with Crippen molar-refractivity contribution in [3.05, 3.63) is 28.3 Å². The van der Waals surface area contributed by atoms with Gasteiger partial charge in [0.1, 0.15) is 5.75 Å². The molecule has 1 fully saturated rings. The van der Waals surface area contributed by atoms with Crippen LogP contribution in [-0.4, -0.2) is 20.7 Å². The molecule has 1 aliphatic rings. The van der Waals surface area contributed by atoms with Gasteiger partial charge in [-0.05, 0) is 62.9 Å². The van der Waals surface area contributed by atoms with Gasteiger partial charge in [-0.1, -0.05) is 6.07 Å². The van der Waals surface area contributed by atoms with Gasteiger partial charge in [0.15, 0.2) is 0 Å². The molecule has 1 aromatic rings. The zero-order valence-electron chi connectivity index (χ0n) is 12.8. The third-order valence-corrected chi connectivity index (χ3v) is 4.69. The van der Waals surface area contributed by atoms with Gasteiger partial charge in [-0.15, -0.1) is 0 Å². The zero-order chi connectivity index (χ0) is 14.2. The molecule has 0 spiro atoms. The minimum absolute atomic E-state index is 0.114. The molecule has 1 unspecified atom stereocenters. The molecular weight excluding hydrogens is 236 g/mol. The van der Waals surface area contributed by atoms with Crippen LogP contribution in [0.2, 0.25) is 0 Å². The summed E-state index contributed by atoms with van der Waals surface area (Å²) in [4.78, 5) is 0. The molecule has 106 valence electrons. The Morgan fingerprint density at radius 2 is 1.95 bits per heavy atom. The van der Waals surface area contributed by atoms with Gasteiger partial charge in [-0.25, -0.2) is 0 Å². The van der Waals surface area contributed by atoms with Crippen LogP contribution in [0, 0.1) is 26.2 Å². The Morgan fingerprint density at radius 1 is 1.32 bits per heavy atom. The van der Waals surface area contributed by atoms with Gasteiger partial charge in [-0.2, -0.15) is 0 Å². The summed E-state index contributed by atoms with van der Waals surface area (Å²) in [6.45, 7) is 7.37. The van der Waals surface area contributed by atoms with Gasteiger partial charge in [0.25, 0.3) is 0 Å². The van der Waals surface area contributed by atoms with Crippen molar-refractivity contribution in [3.8, 4) is 5.75 Å². The van der Waals surface area contributed by atoms with Crippen LogP contribution in [0.15, 0.2) is 6.07 Å². The second-order valence-electron chi connectivity index (χ2n) is 5.94. The highest BCUT2D eigenvalue weighted by molar-refractivity contribution is 5.50. The van der Waals surface area contributed by atoms with Crippen LogP contribution in [0.25, 0.3) is 0 Å². The van der Waals surface area contributed by atoms with Crippen molar-refractivity contribution in [1.29, 1.82) is 0 Å². The first-order chi connectivity index (χ1) is 8.96. The van der Waals surface area contributed by atoms with Crippen molar-refractivity contribution >= 4 is 0 Å². The van der Waals surface area contributed by atoms with Gasteiger partial charge < -0.3 is 15.8 Å². The van der Waals surface area contributed by atoms with Crippen LogP contribution in [0.3, 0.4) is 0 Å². The fourth-order valence-electron chi connectivity index (χ4n) is 3.17. The molecule has 2 rings (SSSR count). The highest BCUT2D eigenvalue weighted by Crippen LogP contribution is 2.54. The summed E-state index contributed by atoms with van der Waals surface area (Å²) in [5.74, 6) is 0.993. The van der Waals surface area contributed by atoms with Crippen molar-refractivity contribution < 1.29 is 4.74 Å². The van der Waals surface area contributed by atoms with E-state index in [1.54, 1.807) is 7.11 Å². The molecule has 0 radical (unpaired) electrons. The third-order valence-electron chi connectivity index (χ3n) is 4.69. The van der Waals surface area contributed by atoms with E-state index in [1.165, 1.54) is 35.1 Å². The highest BCUT2D eigenvalue weighted by atomic mass is 16.5. The summed E-state index contributed by atoms with van der Waals surface area (Å²) in [6, 6.07) is 2.32. The number of ether oxygens (including phenoxy) is 1. The number of benzene rings is 1. The van der Waals surface area contributed by atoms with E-state index in [2.05, 4.69) is 32.2 Å². The van der Waals surface area contributed by atoms with E-state index in [0.717, 1.165) is 12.3 Å². The molecule has 0 aliphatic heterocycles. The predicted molar refractivity (Wildman–Crippen MR) is 79.7 cm³/mol. The van der Waals surface area contributed by atoms with Gasteiger partial charge in [-0.3, -0.25) is 0 Å². The first kappa shape index (κ1) is 14.4. The zero-order valence-corrected chi connectivity index (χ0v) is 12.8. The maximum absolute atomic E-state index is 6.57. The van der Waals surface area contributed by atoms with E-state index in [-0.39, 0.29) is 11.5 Å². The third kappa shape index (κ3) is 2.37. The molecule has 1 aromatic carbocycles. The van der Waals surface area contributed by atoms with Gasteiger partial charge in [0, 0.05) is 18.0 Å². The van der Waals surface area contributed by atoms with E-state index in [1.807, 2.05) is 7.05 Å². The number of methoxy groups -OCH3 is 1. The lowest BCUT2D eigenvalue weighted by Gasteiger charge is -2.27. The lowest BCUT2D eigenvalue weighted by Crippen LogP contribution is -2.32. The molecule has 1 aliphatic carbocycles. The maximum atomic E-state index is 6.57. The molecule has 0 amide bonds. The Bertz CT molecular complexity index is 478. The van der Waals surface area contributed by atoms with E-state index < -0.39 is 0 Å². The summed E-state index contributed by atoms with van der Waals surface area (Å²) >= 11 is 0. The average Bonchev–Trinajstić information content (AvgIpc) is 3.15. The molecule has 0 aromatic heterocycles. The lowest BCUT2D eigenvalue weighted by molar-refractivity contribution is 0.387. The number of hydrogen-bond donors (Lipinski definition) is 2. The largest absolute Gasteiger partial charge is 0.496 e. The number of rotatable bonds is 5. The summed E-state index contributed by atoms with van der Waals surface area (Å²) in [5, 5.41) is 3.29. The summed E-state index contributed by atoms with van der Waals surface area (Å²) in [7, 11) is 3.74. The monoisotopic (exact) mass is 262 g/mol. The van der Waals surface area contributed by atoms with E-state index in [9.17, 15) is 0 Å². The van der Waals surface area contributed by atoms with Crippen molar-refractivity contribution in [3.63, 3.8) is 0 Å². The second kappa shape index (κ2) is 5.14. The Labute approximate surface area is 116 Å². The standard InChI is InChI=1S/C16H26N2O/c1-10-8-13(11(2)12(3)14(10)19-5)15(17)16(6-7-16)9-18-4/h8,15,18H,6-7,9,17H2,1-5H3. The van der Waals surface area contributed by atoms with E-state index >= 15 is 0 Å².